The zero-order chi connectivity index (χ0) is 12.8. The van der Waals surface area contributed by atoms with Crippen LogP contribution in [-0.4, -0.2) is 11.8 Å². The summed E-state index contributed by atoms with van der Waals surface area (Å²) in [6.45, 7) is 0. The summed E-state index contributed by atoms with van der Waals surface area (Å²) < 4.78 is 0. The number of amides is 2. The number of allylic oxidation sites excluding steroid dienone is 4. The Morgan fingerprint density at radius 1 is 1.00 bits per heavy atom. The highest BCUT2D eigenvalue weighted by molar-refractivity contribution is 6.40. The lowest BCUT2D eigenvalue weighted by molar-refractivity contribution is -0.135. The van der Waals surface area contributed by atoms with Crippen LogP contribution in [0, 0.1) is 0 Å². The Hall–Kier alpha value is -2.36. The number of nitrogens with one attached hydrogen (secondary N) is 2. The van der Waals surface area contributed by atoms with Crippen LogP contribution in [0.15, 0.2) is 54.3 Å². The summed E-state index contributed by atoms with van der Waals surface area (Å²) in [5.74, 6) is -1.29. The van der Waals surface area contributed by atoms with E-state index in [4.69, 9.17) is 0 Å². The molecule has 1 aliphatic rings. The van der Waals surface area contributed by atoms with Crippen molar-refractivity contribution < 1.29 is 9.59 Å². The van der Waals surface area contributed by atoms with Crippen LogP contribution in [0.25, 0.3) is 0 Å². The highest BCUT2D eigenvalue weighted by atomic mass is 16.2. The number of para-hydroxylation sites is 1. The van der Waals surface area contributed by atoms with Gasteiger partial charge in [-0.1, -0.05) is 30.4 Å². The van der Waals surface area contributed by atoms with Crippen molar-refractivity contribution in [3.63, 3.8) is 0 Å². The molecule has 0 atom stereocenters. The molecule has 0 saturated carbocycles. The number of anilines is 1. The summed E-state index contributed by atoms with van der Waals surface area (Å²) in [5.41, 5.74) is 1.38. The molecule has 0 heterocycles. The van der Waals surface area contributed by atoms with Gasteiger partial charge in [0, 0.05) is 11.4 Å². The molecule has 1 aromatic carbocycles. The molecule has 18 heavy (non-hydrogen) atoms. The summed E-state index contributed by atoms with van der Waals surface area (Å²) in [6.07, 6.45) is 7.32. The van der Waals surface area contributed by atoms with E-state index in [-0.39, 0.29) is 0 Å². The second-order valence-electron chi connectivity index (χ2n) is 3.93. The molecular weight excluding hydrogens is 228 g/mol. The molecule has 2 amide bonds. The lowest BCUT2D eigenvalue weighted by atomic mass is 10.1. The van der Waals surface area contributed by atoms with E-state index in [0.29, 0.717) is 5.69 Å². The molecule has 0 aliphatic heterocycles. The fraction of sp³-hybridized carbons (Fsp3) is 0.143. The van der Waals surface area contributed by atoms with Crippen molar-refractivity contribution in [2.75, 3.05) is 5.32 Å². The van der Waals surface area contributed by atoms with Gasteiger partial charge in [0.1, 0.15) is 0 Å². The van der Waals surface area contributed by atoms with Gasteiger partial charge in [-0.2, -0.15) is 0 Å². The van der Waals surface area contributed by atoms with Crippen LogP contribution in [0.1, 0.15) is 12.8 Å². The highest BCUT2D eigenvalue weighted by Crippen LogP contribution is 2.09. The van der Waals surface area contributed by atoms with Gasteiger partial charge in [0.15, 0.2) is 0 Å². The summed E-state index contributed by atoms with van der Waals surface area (Å²) in [5, 5.41) is 5.13. The Morgan fingerprint density at radius 3 is 2.39 bits per heavy atom. The third-order valence-electron chi connectivity index (χ3n) is 2.53. The minimum Gasteiger partial charge on any atom is -0.321 e. The van der Waals surface area contributed by atoms with Crippen LogP contribution in [0.5, 0.6) is 0 Å². The van der Waals surface area contributed by atoms with E-state index in [1.807, 2.05) is 18.2 Å². The number of carbonyl (C=O) groups excluding carboxylic acids is 2. The monoisotopic (exact) mass is 242 g/mol. The maximum atomic E-state index is 11.6. The molecule has 0 unspecified atom stereocenters. The van der Waals surface area contributed by atoms with Crippen LogP contribution in [-0.2, 0) is 9.59 Å². The first-order valence-electron chi connectivity index (χ1n) is 5.79. The average Bonchev–Trinajstić information content (AvgIpc) is 2.41. The number of hydrogen-bond donors (Lipinski definition) is 2. The van der Waals surface area contributed by atoms with E-state index < -0.39 is 11.8 Å². The van der Waals surface area contributed by atoms with Crippen molar-refractivity contribution in [1.29, 1.82) is 0 Å². The molecular formula is C14H14N2O2. The first-order valence-corrected chi connectivity index (χ1v) is 5.79. The Balaban J connectivity index is 1.91. The minimum atomic E-state index is -0.656. The van der Waals surface area contributed by atoms with Gasteiger partial charge in [-0.15, -0.1) is 0 Å². The van der Waals surface area contributed by atoms with Gasteiger partial charge >= 0.3 is 11.8 Å². The van der Waals surface area contributed by atoms with E-state index in [9.17, 15) is 9.59 Å². The highest BCUT2D eigenvalue weighted by Gasteiger charge is 2.15. The molecule has 0 aromatic heterocycles. The van der Waals surface area contributed by atoms with Gasteiger partial charge in [0.25, 0.3) is 0 Å². The van der Waals surface area contributed by atoms with Crippen molar-refractivity contribution in [3.05, 3.63) is 54.3 Å². The van der Waals surface area contributed by atoms with Gasteiger partial charge in [-0.25, -0.2) is 0 Å². The Bertz CT molecular complexity index is 504. The maximum absolute atomic E-state index is 11.6. The topological polar surface area (TPSA) is 58.2 Å². The quantitative estimate of drug-likeness (QED) is 0.779. The molecule has 2 N–H and O–H groups in total. The Morgan fingerprint density at radius 2 is 1.72 bits per heavy atom. The fourth-order valence-electron chi connectivity index (χ4n) is 1.62. The summed E-state index contributed by atoms with van der Waals surface area (Å²) >= 11 is 0. The molecule has 0 radical (unpaired) electrons. The molecule has 2 rings (SSSR count). The number of rotatable bonds is 2. The van der Waals surface area contributed by atoms with Gasteiger partial charge in [0.05, 0.1) is 0 Å². The third-order valence-corrected chi connectivity index (χ3v) is 2.53. The third kappa shape index (κ3) is 3.31. The van der Waals surface area contributed by atoms with Crippen molar-refractivity contribution >= 4 is 17.5 Å². The Labute approximate surface area is 105 Å². The molecule has 92 valence electrons. The Kier molecular flexibility index (Phi) is 3.91. The summed E-state index contributed by atoms with van der Waals surface area (Å²) in [4.78, 5) is 23.2. The predicted molar refractivity (Wildman–Crippen MR) is 69.7 cm³/mol. The van der Waals surface area contributed by atoms with E-state index in [1.54, 1.807) is 30.3 Å². The number of benzene rings is 1. The zero-order valence-corrected chi connectivity index (χ0v) is 9.85. The second-order valence-corrected chi connectivity index (χ2v) is 3.93. The normalized spacial score (nSPS) is 13.7. The van der Waals surface area contributed by atoms with E-state index in [0.717, 1.165) is 18.5 Å². The molecule has 0 saturated heterocycles. The van der Waals surface area contributed by atoms with Crippen molar-refractivity contribution in [3.8, 4) is 0 Å². The lowest BCUT2D eigenvalue weighted by Crippen LogP contribution is -2.35. The molecule has 4 nitrogen and oxygen atoms in total. The first kappa shape index (κ1) is 12.1. The van der Waals surface area contributed by atoms with Crippen molar-refractivity contribution in [2.24, 2.45) is 0 Å². The molecule has 0 fully saturated rings. The van der Waals surface area contributed by atoms with E-state index in [1.165, 1.54) is 0 Å². The molecule has 1 aliphatic carbocycles. The smallest absolute Gasteiger partial charge is 0.314 e. The van der Waals surface area contributed by atoms with Gasteiger partial charge < -0.3 is 10.6 Å². The molecule has 4 heteroatoms. The molecule has 0 bridgehead atoms. The van der Waals surface area contributed by atoms with Gasteiger partial charge in [-0.05, 0) is 31.1 Å². The SMILES string of the molecule is O=C(NC1=CC=CCC1)C(=O)Nc1ccccc1. The lowest BCUT2D eigenvalue weighted by Gasteiger charge is -2.10. The standard InChI is InChI=1S/C14H14N2O2/c17-13(15-11-7-3-1-4-8-11)14(18)16-12-9-5-2-6-10-12/h1-5,7-9H,6,10H2,(H,15,17)(H,16,18). The van der Waals surface area contributed by atoms with Crippen LogP contribution in [0.4, 0.5) is 5.69 Å². The van der Waals surface area contributed by atoms with Crippen molar-refractivity contribution in [2.45, 2.75) is 12.8 Å². The van der Waals surface area contributed by atoms with Crippen molar-refractivity contribution in [1.82, 2.24) is 5.32 Å². The molecule has 1 aromatic rings. The number of carbonyl (C=O) groups is 2. The number of hydrogen-bond acceptors (Lipinski definition) is 2. The predicted octanol–water partition coefficient (Wildman–Crippen LogP) is 1.98. The second kappa shape index (κ2) is 5.82. The van der Waals surface area contributed by atoms with Gasteiger partial charge in [0.2, 0.25) is 0 Å². The van der Waals surface area contributed by atoms with E-state index >= 15 is 0 Å². The van der Waals surface area contributed by atoms with Crippen LogP contribution in [0.3, 0.4) is 0 Å². The largest absolute Gasteiger partial charge is 0.321 e. The van der Waals surface area contributed by atoms with Crippen LogP contribution >= 0.6 is 0 Å². The van der Waals surface area contributed by atoms with Gasteiger partial charge in [-0.3, -0.25) is 9.59 Å². The minimum absolute atomic E-state index is 0.607. The summed E-state index contributed by atoms with van der Waals surface area (Å²) in [7, 11) is 0. The zero-order valence-electron chi connectivity index (χ0n) is 9.85. The van der Waals surface area contributed by atoms with Crippen LogP contribution < -0.4 is 10.6 Å². The molecule has 0 spiro atoms. The fourth-order valence-corrected chi connectivity index (χ4v) is 1.62. The first-order chi connectivity index (χ1) is 8.75. The summed E-state index contributed by atoms with van der Waals surface area (Å²) in [6, 6.07) is 8.89. The maximum Gasteiger partial charge on any atom is 0.314 e. The van der Waals surface area contributed by atoms with E-state index in [2.05, 4.69) is 10.6 Å². The van der Waals surface area contributed by atoms with Crippen LogP contribution in [0.2, 0.25) is 0 Å². The average molecular weight is 242 g/mol.